The van der Waals surface area contributed by atoms with Gasteiger partial charge in [-0.3, -0.25) is 9.59 Å². The first-order chi connectivity index (χ1) is 10.1. The second-order valence-electron chi connectivity index (χ2n) is 5.69. The summed E-state index contributed by atoms with van der Waals surface area (Å²) in [6.45, 7) is 1.83. The van der Waals surface area contributed by atoms with Gasteiger partial charge in [0.15, 0.2) is 5.60 Å². The molecule has 2 aliphatic rings. The molecule has 3 N–H and O–H groups in total. The van der Waals surface area contributed by atoms with Crippen LogP contribution in [0.5, 0.6) is 0 Å². The number of β-amino-alcohol motifs (C(OH)–C–C–N with tert-alkyl or cyclic N) is 1. The lowest BCUT2D eigenvalue weighted by molar-refractivity contribution is -0.157. The predicted octanol–water partition coefficient (Wildman–Crippen LogP) is -0.197. The largest absolute Gasteiger partial charge is 0.377 e. The molecule has 0 radical (unpaired) electrons. The third-order valence-electron chi connectivity index (χ3n) is 4.13. The Balaban J connectivity index is 1.49. The molecule has 0 aliphatic carbocycles. The Bertz CT molecular complexity index is 520. The van der Waals surface area contributed by atoms with E-state index in [0.29, 0.717) is 31.7 Å². The van der Waals surface area contributed by atoms with Crippen molar-refractivity contribution < 1.29 is 14.7 Å². The lowest BCUT2D eigenvalue weighted by atomic mass is 9.93. The van der Waals surface area contributed by atoms with Crippen LogP contribution in [0.2, 0.25) is 0 Å². The number of carbonyl (C=O) groups is 2. The van der Waals surface area contributed by atoms with E-state index in [9.17, 15) is 14.7 Å². The van der Waals surface area contributed by atoms with Crippen LogP contribution in [0, 0.1) is 0 Å². The summed E-state index contributed by atoms with van der Waals surface area (Å²) >= 11 is 1.50. The molecule has 0 spiro atoms. The highest BCUT2D eigenvalue weighted by Gasteiger charge is 2.45. The second-order valence-corrected chi connectivity index (χ2v) is 6.47. The van der Waals surface area contributed by atoms with Gasteiger partial charge in [-0.15, -0.1) is 0 Å². The number of amides is 2. The van der Waals surface area contributed by atoms with Crippen LogP contribution in [-0.4, -0.2) is 59.6 Å². The van der Waals surface area contributed by atoms with Gasteiger partial charge in [-0.1, -0.05) is 0 Å². The first-order valence-electron chi connectivity index (χ1n) is 7.14. The Morgan fingerprint density at radius 3 is 2.62 bits per heavy atom. The summed E-state index contributed by atoms with van der Waals surface area (Å²) < 4.78 is 0. The van der Waals surface area contributed by atoms with Crippen molar-refractivity contribution in [2.75, 3.05) is 26.2 Å². The number of rotatable bonds is 3. The highest BCUT2D eigenvalue weighted by atomic mass is 32.1. The lowest BCUT2D eigenvalue weighted by Crippen LogP contribution is -2.68. The molecule has 3 heterocycles. The second kappa shape index (κ2) is 5.75. The van der Waals surface area contributed by atoms with E-state index >= 15 is 0 Å². The molecule has 1 aromatic heterocycles. The van der Waals surface area contributed by atoms with Crippen molar-refractivity contribution in [1.29, 1.82) is 0 Å². The zero-order chi connectivity index (χ0) is 14.9. The van der Waals surface area contributed by atoms with Gasteiger partial charge in [-0.25, -0.2) is 0 Å². The fraction of sp³-hybridized carbons (Fsp3) is 0.571. The molecular weight excluding hydrogens is 290 g/mol. The number of carbonyl (C=O) groups excluding carboxylic acids is 2. The van der Waals surface area contributed by atoms with Gasteiger partial charge in [0, 0.05) is 43.2 Å². The van der Waals surface area contributed by atoms with Gasteiger partial charge in [0.2, 0.25) is 0 Å². The highest BCUT2D eigenvalue weighted by Crippen LogP contribution is 2.19. The van der Waals surface area contributed by atoms with Gasteiger partial charge in [0.05, 0.1) is 0 Å². The third kappa shape index (κ3) is 2.95. The topological polar surface area (TPSA) is 81.7 Å². The van der Waals surface area contributed by atoms with Crippen LogP contribution in [0.3, 0.4) is 0 Å². The maximum Gasteiger partial charge on any atom is 0.257 e. The quantitative estimate of drug-likeness (QED) is 0.722. The van der Waals surface area contributed by atoms with Gasteiger partial charge < -0.3 is 20.6 Å². The number of piperidine rings is 1. The fourth-order valence-corrected chi connectivity index (χ4v) is 3.33. The third-order valence-corrected chi connectivity index (χ3v) is 4.82. The molecule has 0 aromatic carbocycles. The Morgan fingerprint density at radius 2 is 2.10 bits per heavy atom. The number of likely N-dealkylation sites (tertiary alicyclic amines) is 1. The summed E-state index contributed by atoms with van der Waals surface area (Å²) in [4.78, 5) is 25.8. The van der Waals surface area contributed by atoms with Gasteiger partial charge in [0.25, 0.3) is 11.8 Å². The average Bonchev–Trinajstić information content (AvgIpc) is 2.99. The van der Waals surface area contributed by atoms with E-state index in [4.69, 9.17) is 0 Å². The molecular formula is C14H19N3O3S. The van der Waals surface area contributed by atoms with Crippen molar-refractivity contribution in [3.05, 3.63) is 22.4 Å². The Kier molecular flexibility index (Phi) is 3.97. The number of aliphatic hydroxyl groups is 1. The molecule has 2 fully saturated rings. The van der Waals surface area contributed by atoms with Crippen molar-refractivity contribution in [2.45, 2.75) is 24.5 Å². The molecule has 7 heteroatoms. The summed E-state index contributed by atoms with van der Waals surface area (Å²) in [6.07, 6.45) is 1.45. The summed E-state index contributed by atoms with van der Waals surface area (Å²) in [5.41, 5.74) is -0.527. The molecule has 0 atom stereocenters. The molecule has 2 amide bonds. The molecule has 21 heavy (non-hydrogen) atoms. The molecule has 0 unspecified atom stereocenters. The zero-order valence-corrected chi connectivity index (χ0v) is 12.5. The number of nitrogens with zero attached hydrogens (tertiary/aromatic N) is 1. The first kappa shape index (κ1) is 14.5. The highest BCUT2D eigenvalue weighted by molar-refractivity contribution is 7.08. The lowest BCUT2D eigenvalue weighted by Gasteiger charge is -2.42. The minimum absolute atomic E-state index is 0.0529. The van der Waals surface area contributed by atoms with Gasteiger partial charge in [-0.2, -0.15) is 11.3 Å². The zero-order valence-electron chi connectivity index (χ0n) is 11.7. The van der Waals surface area contributed by atoms with Crippen molar-refractivity contribution in [1.82, 2.24) is 15.5 Å². The maximum atomic E-state index is 12.2. The SMILES string of the molecule is O=C(NC1CCN(C(=O)C2(O)CNC2)CC1)c1ccsc1. The molecule has 2 saturated heterocycles. The normalized spacial score (nSPS) is 21.7. The van der Waals surface area contributed by atoms with E-state index in [0.717, 1.165) is 12.8 Å². The number of nitrogens with one attached hydrogen (secondary N) is 2. The van der Waals surface area contributed by atoms with Crippen LogP contribution in [0.15, 0.2) is 16.8 Å². The summed E-state index contributed by atoms with van der Waals surface area (Å²) in [5.74, 6) is -0.244. The van der Waals surface area contributed by atoms with E-state index in [1.54, 1.807) is 11.0 Å². The number of hydrogen-bond donors (Lipinski definition) is 3. The van der Waals surface area contributed by atoms with Crippen LogP contribution in [-0.2, 0) is 4.79 Å². The van der Waals surface area contributed by atoms with Crippen molar-refractivity contribution in [3.8, 4) is 0 Å². The number of thiophene rings is 1. The van der Waals surface area contributed by atoms with Crippen LogP contribution in [0.1, 0.15) is 23.2 Å². The Hall–Kier alpha value is -1.44. The van der Waals surface area contributed by atoms with Crippen LogP contribution < -0.4 is 10.6 Å². The summed E-state index contributed by atoms with van der Waals surface area (Å²) in [7, 11) is 0. The van der Waals surface area contributed by atoms with Crippen LogP contribution >= 0.6 is 11.3 Å². The molecule has 114 valence electrons. The fourth-order valence-electron chi connectivity index (χ4n) is 2.70. The van der Waals surface area contributed by atoms with E-state index in [-0.39, 0.29) is 17.9 Å². The maximum absolute atomic E-state index is 12.2. The smallest absolute Gasteiger partial charge is 0.257 e. The van der Waals surface area contributed by atoms with E-state index in [1.807, 2.05) is 10.8 Å². The molecule has 1 aromatic rings. The van der Waals surface area contributed by atoms with Gasteiger partial charge in [0.1, 0.15) is 0 Å². The van der Waals surface area contributed by atoms with Gasteiger partial charge >= 0.3 is 0 Å². The molecule has 3 rings (SSSR count). The molecule has 0 saturated carbocycles. The van der Waals surface area contributed by atoms with Crippen molar-refractivity contribution >= 4 is 23.2 Å². The van der Waals surface area contributed by atoms with Crippen molar-refractivity contribution in [3.63, 3.8) is 0 Å². The molecule has 6 nitrogen and oxygen atoms in total. The molecule has 0 bridgehead atoms. The minimum atomic E-state index is -1.22. The standard InChI is InChI=1S/C14H19N3O3S/c18-12(10-3-6-21-7-10)16-11-1-4-17(5-2-11)13(19)14(20)8-15-9-14/h3,6-7,11,15,20H,1-2,4-5,8-9H2,(H,16,18). The first-order valence-corrected chi connectivity index (χ1v) is 8.08. The van der Waals surface area contributed by atoms with Crippen LogP contribution in [0.4, 0.5) is 0 Å². The van der Waals surface area contributed by atoms with E-state index < -0.39 is 5.60 Å². The average molecular weight is 309 g/mol. The van der Waals surface area contributed by atoms with E-state index in [2.05, 4.69) is 10.6 Å². The predicted molar refractivity (Wildman–Crippen MR) is 79.2 cm³/mol. The van der Waals surface area contributed by atoms with Gasteiger partial charge in [-0.05, 0) is 24.3 Å². The van der Waals surface area contributed by atoms with Crippen molar-refractivity contribution in [2.24, 2.45) is 0 Å². The van der Waals surface area contributed by atoms with E-state index in [1.165, 1.54) is 11.3 Å². The summed E-state index contributed by atoms with van der Waals surface area (Å²) in [5, 5.41) is 19.7. The minimum Gasteiger partial charge on any atom is -0.377 e. The Labute approximate surface area is 127 Å². The Morgan fingerprint density at radius 1 is 1.38 bits per heavy atom. The monoisotopic (exact) mass is 309 g/mol. The van der Waals surface area contributed by atoms with Crippen LogP contribution in [0.25, 0.3) is 0 Å². The molecule has 2 aliphatic heterocycles. The number of hydrogen-bond acceptors (Lipinski definition) is 5. The summed E-state index contributed by atoms with van der Waals surface area (Å²) in [6, 6.07) is 1.90.